The Morgan fingerprint density at radius 2 is 1.90 bits per heavy atom. The summed E-state index contributed by atoms with van der Waals surface area (Å²) in [7, 11) is 0. The number of aromatic carboxylic acids is 1. The number of carboxylic acid groups (broad SMARTS) is 1. The molecule has 4 nitrogen and oxygen atoms in total. The molecular formula is C16H14FNO3. The number of benzene rings is 2. The molecule has 1 amide bonds. The molecule has 0 aliphatic carbocycles. The van der Waals surface area contributed by atoms with E-state index in [4.69, 9.17) is 5.11 Å². The lowest BCUT2D eigenvalue weighted by Gasteiger charge is -2.08. The van der Waals surface area contributed by atoms with Crippen molar-refractivity contribution < 1.29 is 19.1 Å². The van der Waals surface area contributed by atoms with E-state index in [1.54, 1.807) is 0 Å². The first-order valence-corrected chi connectivity index (χ1v) is 6.34. The van der Waals surface area contributed by atoms with Crippen LogP contribution in [-0.2, 0) is 11.2 Å². The molecule has 0 radical (unpaired) electrons. The van der Waals surface area contributed by atoms with Crippen molar-refractivity contribution in [3.8, 4) is 0 Å². The Balaban J connectivity index is 2.08. The third kappa shape index (κ3) is 3.66. The average molecular weight is 287 g/mol. The van der Waals surface area contributed by atoms with E-state index in [1.165, 1.54) is 6.07 Å². The van der Waals surface area contributed by atoms with Crippen LogP contribution in [0.15, 0.2) is 42.5 Å². The van der Waals surface area contributed by atoms with Crippen LogP contribution in [0.5, 0.6) is 0 Å². The summed E-state index contributed by atoms with van der Waals surface area (Å²) in [5, 5.41) is 11.3. The predicted octanol–water partition coefficient (Wildman–Crippen LogP) is 3.01. The normalized spacial score (nSPS) is 10.2. The van der Waals surface area contributed by atoms with Crippen molar-refractivity contribution in [2.75, 3.05) is 5.32 Å². The van der Waals surface area contributed by atoms with Crippen LogP contribution >= 0.6 is 0 Å². The molecule has 0 aromatic heterocycles. The quantitative estimate of drug-likeness (QED) is 0.908. The third-order valence-corrected chi connectivity index (χ3v) is 3.10. The van der Waals surface area contributed by atoms with E-state index in [1.807, 2.05) is 31.2 Å². The Hall–Kier alpha value is -2.69. The highest BCUT2D eigenvalue weighted by molar-refractivity contribution is 5.93. The fraction of sp³-hybridized carbons (Fsp3) is 0.125. The minimum Gasteiger partial charge on any atom is -0.478 e. The SMILES string of the molecule is Cc1ccccc1CC(=O)Nc1ccc(C(=O)O)c(F)c1. The van der Waals surface area contributed by atoms with Crippen LogP contribution in [-0.4, -0.2) is 17.0 Å². The van der Waals surface area contributed by atoms with Crippen LogP contribution < -0.4 is 5.32 Å². The van der Waals surface area contributed by atoms with Crippen molar-refractivity contribution in [3.63, 3.8) is 0 Å². The lowest BCUT2D eigenvalue weighted by Crippen LogP contribution is -2.15. The van der Waals surface area contributed by atoms with Crippen molar-refractivity contribution in [3.05, 3.63) is 65.0 Å². The molecule has 0 spiro atoms. The smallest absolute Gasteiger partial charge is 0.338 e. The summed E-state index contributed by atoms with van der Waals surface area (Å²) in [5.41, 5.74) is 1.70. The molecule has 0 heterocycles. The van der Waals surface area contributed by atoms with Gasteiger partial charge in [-0.2, -0.15) is 0 Å². The van der Waals surface area contributed by atoms with E-state index in [0.29, 0.717) is 0 Å². The standard InChI is InChI=1S/C16H14FNO3/c1-10-4-2-3-5-11(10)8-15(19)18-12-6-7-13(16(20)21)14(17)9-12/h2-7,9H,8H2,1H3,(H,18,19)(H,20,21). The maximum atomic E-state index is 13.5. The predicted molar refractivity (Wildman–Crippen MR) is 76.9 cm³/mol. The molecule has 0 saturated carbocycles. The highest BCUT2D eigenvalue weighted by atomic mass is 19.1. The second-order valence-electron chi connectivity index (χ2n) is 4.65. The van der Waals surface area contributed by atoms with Gasteiger partial charge in [0.2, 0.25) is 5.91 Å². The second kappa shape index (κ2) is 6.17. The number of carbonyl (C=O) groups excluding carboxylic acids is 1. The molecule has 2 N–H and O–H groups in total. The molecular weight excluding hydrogens is 273 g/mol. The second-order valence-corrected chi connectivity index (χ2v) is 4.65. The number of carboxylic acids is 1. The van der Waals surface area contributed by atoms with Gasteiger partial charge in [0, 0.05) is 5.69 Å². The van der Waals surface area contributed by atoms with Gasteiger partial charge in [0.15, 0.2) is 0 Å². The van der Waals surface area contributed by atoms with Crippen molar-refractivity contribution >= 4 is 17.6 Å². The average Bonchev–Trinajstić information content (AvgIpc) is 2.41. The molecule has 0 saturated heterocycles. The fourth-order valence-electron chi connectivity index (χ4n) is 1.95. The van der Waals surface area contributed by atoms with Gasteiger partial charge < -0.3 is 10.4 Å². The van der Waals surface area contributed by atoms with Crippen LogP contribution in [0, 0.1) is 12.7 Å². The van der Waals surface area contributed by atoms with Crippen molar-refractivity contribution in [1.29, 1.82) is 0 Å². The number of aryl methyl sites for hydroxylation is 1. The molecule has 108 valence electrons. The molecule has 2 rings (SSSR count). The molecule has 2 aromatic rings. The first kappa shape index (κ1) is 14.7. The monoisotopic (exact) mass is 287 g/mol. The number of nitrogens with one attached hydrogen (secondary N) is 1. The number of amides is 1. The number of rotatable bonds is 4. The Labute approximate surface area is 121 Å². The van der Waals surface area contributed by atoms with Crippen LogP contribution in [0.25, 0.3) is 0 Å². The molecule has 5 heteroatoms. The summed E-state index contributed by atoms with van der Waals surface area (Å²) in [6.07, 6.45) is 0.176. The van der Waals surface area contributed by atoms with Crippen molar-refractivity contribution in [2.45, 2.75) is 13.3 Å². The van der Waals surface area contributed by atoms with E-state index in [9.17, 15) is 14.0 Å². The van der Waals surface area contributed by atoms with Gasteiger partial charge in [-0.3, -0.25) is 4.79 Å². The van der Waals surface area contributed by atoms with Crippen molar-refractivity contribution in [2.24, 2.45) is 0 Å². The number of hydrogen-bond acceptors (Lipinski definition) is 2. The first-order valence-electron chi connectivity index (χ1n) is 6.34. The lowest BCUT2D eigenvalue weighted by molar-refractivity contribution is -0.115. The maximum absolute atomic E-state index is 13.5. The minimum atomic E-state index is -1.34. The molecule has 0 aliphatic rings. The van der Waals surface area contributed by atoms with Crippen LogP contribution in [0.4, 0.5) is 10.1 Å². The summed E-state index contributed by atoms with van der Waals surface area (Å²) in [4.78, 5) is 22.6. The van der Waals surface area contributed by atoms with Crippen molar-refractivity contribution in [1.82, 2.24) is 0 Å². The Morgan fingerprint density at radius 3 is 2.52 bits per heavy atom. The Morgan fingerprint density at radius 1 is 1.19 bits per heavy atom. The summed E-state index contributed by atoms with van der Waals surface area (Å²) < 4.78 is 13.5. The summed E-state index contributed by atoms with van der Waals surface area (Å²) in [6.45, 7) is 1.91. The lowest BCUT2D eigenvalue weighted by atomic mass is 10.1. The molecule has 0 fully saturated rings. The van der Waals surface area contributed by atoms with Gasteiger partial charge in [-0.1, -0.05) is 24.3 Å². The number of anilines is 1. The molecule has 0 atom stereocenters. The first-order chi connectivity index (χ1) is 9.97. The number of halogens is 1. The highest BCUT2D eigenvalue weighted by Gasteiger charge is 2.12. The van der Waals surface area contributed by atoms with E-state index < -0.39 is 17.3 Å². The fourth-order valence-corrected chi connectivity index (χ4v) is 1.95. The summed E-state index contributed by atoms with van der Waals surface area (Å²) in [5.74, 6) is -2.51. The zero-order valence-corrected chi connectivity index (χ0v) is 11.4. The van der Waals surface area contributed by atoms with Gasteiger partial charge in [0.25, 0.3) is 0 Å². The largest absolute Gasteiger partial charge is 0.478 e. The molecule has 2 aromatic carbocycles. The zero-order chi connectivity index (χ0) is 15.4. The zero-order valence-electron chi connectivity index (χ0n) is 11.4. The van der Waals surface area contributed by atoms with Crippen LogP contribution in [0.1, 0.15) is 21.5 Å². The highest BCUT2D eigenvalue weighted by Crippen LogP contribution is 2.15. The molecule has 0 bridgehead atoms. The van der Waals surface area contributed by atoms with Gasteiger partial charge in [-0.05, 0) is 36.2 Å². The van der Waals surface area contributed by atoms with E-state index in [-0.39, 0.29) is 18.0 Å². The molecule has 0 aliphatic heterocycles. The van der Waals surface area contributed by atoms with Gasteiger partial charge >= 0.3 is 5.97 Å². The Kier molecular flexibility index (Phi) is 4.33. The van der Waals surface area contributed by atoms with E-state index in [0.717, 1.165) is 23.3 Å². The van der Waals surface area contributed by atoms with Gasteiger partial charge in [0.1, 0.15) is 5.82 Å². The maximum Gasteiger partial charge on any atom is 0.338 e. The van der Waals surface area contributed by atoms with Gasteiger partial charge in [0.05, 0.1) is 12.0 Å². The van der Waals surface area contributed by atoms with E-state index >= 15 is 0 Å². The molecule has 0 unspecified atom stereocenters. The van der Waals surface area contributed by atoms with E-state index in [2.05, 4.69) is 5.32 Å². The topological polar surface area (TPSA) is 66.4 Å². The summed E-state index contributed by atoms with van der Waals surface area (Å²) >= 11 is 0. The van der Waals surface area contributed by atoms with Crippen LogP contribution in [0.3, 0.4) is 0 Å². The van der Waals surface area contributed by atoms with Crippen LogP contribution in [0.2, 0.25) is 0 Å². The third-order valence-electron chi connectivity index (χ3n) is 3.10. The Bertz CT molecular complexity index is 698. The number of carbonyl (C=O) groups is 2. The van der Waals surface area contributed by atoms with Gasteiger partial charge in [-0.25, -0.2) is 9.18 Å². The summed E-state index contributed by atoms with van der Waals surface area (Å²) in [6, 6.07) is 11.0. The molecule has 21 heavy (non-hydrogen) atoms. The number of hydrogen-bond donors (Lipinski definition) is 2. The minimum absolute atomic E-state index is 0.176. The van der Waals surface area contributed by atoms with Gasteiger partial charge in [-0.15, -0.1) is 0 Å².